The monoisotopic (exact) mass is 453 g/mol. The minimum absolute atomic E-state index is 0.0409. The molecule has 0 unspecified atom stereocenters. The molecule has 0 fully saturated rings. The molecule has 3 aromatic rings. The molecule has 1 aliphatic heterocycles. The number of nitrogens with zero attached hydrogens (tertiary/aromatic N) is 1. The Hall–Kier alpha value is -2.93. The number of nitrogens with one attached hydrogen (secondary N) is 1. The third kappa shape index (κ3) is 4.10. The number of carbonyl (C=O) groups excluding carboxylic acids is 1. The van der Waals surface area contributed by atoms with Crippen LogP contribution in [0.2, 0.25) is 0 Å². The number of aromatic nitrogens is 1. The number of rotatable bonds is 6. The van der Waals surface area contributed by atoms with Gasteiger partial charge in [-0.25, -0.2) is 8.78 Å². The first kappa shape index (κ1) is 21.9. The highest BCUT2D eigenvalue weighted by molar-refractivity contribution is 5.95. The van der Waals surface area contributed by atoms with Gasteiger partial charge in [-0.1, -0.05) is 6.92 Å². The molecule has 3 N–H and O–H groups in total. The molecule has 2 atom stereocenters. The molecule has 5 nitrogen and oxygen atoms in total. The fourth-order valence-electron chi connectivity index (χ4n) is 5.56. The molecule has 5 rings (SSSR count). The van der Waals surface area contributed by atoms with E-state index in [-0.39, 0.29) is 17.6 Å². The fraction of sp³-hybridized carbons (Fsp3) is 0.423. The van der Waals surface area contributed by atoms with Crippen LogP contribution in [0.25, 0.3) is 10.9 Å². The zero-order valence-corrected chi connectivity index (χ0v) is 18.8. The number of amides is 1. The number of aryl methyl sites for hydroxylation is 1. The van der Waals surface area contributed by atoms with E-state index in [9.17, 15) is 13.6 Å². The molecule has 0 saturated heterocycles. The van der Waals surface area contributed by atoms with Crippen LogP contribution in [0.1, 0.15) is 46.9 Å². The first-order valence-corrected chi connectivity index (χ1v) is 11.7. The first-order valence-electron chi connectivity index (χ1n) is 11.7. The van der Waals surface area contributed by atoms with Crippen LogP contribution in [0.15, 0.2) is 30.3 Å². The molecule has 1 aliphatic carbocycles. The summed E-state index contributed by atoms with van der Waals surface area (Å²) in [7, 11) is 0. The largest absolute Gasteiger partial charge is 0.489 e. The number of benzene rings is 2. The van der Waals surface area contributed by atoms with Gasteiger partial charge >= 0.3 is 0 Å². The van der Waals surface area contributed by atoms with Crippen molar-refractivity contribution in [3.05, 3.63) is 64.4 Å². The number of hydrogen-bond acceptors (Lipinski definition) is 3. The molecule has 7 heteroatoms. The molecule has 0 bridgehead atoms. The number of hydrogen-bond donors (Lipinski definition) is 2. The van der Waals surface area contributed by atoms with Crippen LogP contribution in [0.3, 0.4) is 0 Å². The van der Waals surface area contributed by atoms with Gasteiger partial charge in [0.1, 0.15) is 12.4 Å². The lowest BCUT2D eigenvalue weighted by Gasteiger charge is -2.38. The topological polar surface area (TPSA) is 71.3 Å². The maximum atomic E-state index is 14.3. The van der Waals surface area contributed by atoms with Gasteiger partial charge in [0.05, 0.1) is 0 Å². The number of H-pyrrole nitrogens is 1. The average Bonchev–Trinajstić information content (AvgIpc) is 3.16. The van der Waals surface area contributed by atoms with Gasteiger partial charge in [0.15, 0.2) is 11.6 Å². The van der Waals surface area contributed by atoms with E-state index in [1.54, 1.807) is 6.07 Å². The molecule has 2 heterocycles. The van der Waals surface area contributed by atoms with Gasteiger partial charge in [0.25, 0.3) is 0 Å². The van der Waals surface area contributed by atoms with E-state index in [1.807, 2.05) is 6.07 Å². The normalized spacial score (nSPS) is 19.9. The Morgan fingerprint density at radius 1 is 1.21 bits per heavy atom. The summed E-state index contributed by atoms with van der Waals surface area (Å²) in [5.41, 5.74) is 9.87. The predicted octanol–water partition coefficient (Wildman–Crippen LogP) is 4.37. The van der Waals surface area contributed by atoms with Crippen molar-refractivity contribution in [3.8, 4) is 5.75 Å². The SMILES string of the molecule is CCCN(C[C@H]1CCc2[nH]c3ccc(F)cc3c2C1)[C@H]1COc2c(F)ccc(C(N)=O)c2C1. The van der Waals surface area contributed by atoms with E-state index in [1.165, 1.54) is 29.5 Å². The van der Waals surface area contributed by atoms with Crippen molar-refractivity contribution >= 4 is 16.8 Å². The zero-order valence-electron chi connectivity index (χ0n) is 18.8. The molecule has 2 aromatic carbocycles. The molecule has 0 radical (unpaired) electrons. The second-order valence-electron chi connectivity index (χ2n) is 9.31. The van der Waals surface area contributed by atoms with Gasteiger partial charge in [-0.15, -0.1) is 0 Å². The lowest BCUT2D eigenvalue weighted by molar-refractivity contribution is 0.0940. The number of primary amides is 1. The minimum atomic E-state index is -0.566. The summed E-state index contributed by atoms with van der Waals surface area (Å²) in [5, 5.41) is 0.980. The van der Waals surface area contributed by atoms with Crippen molar-refractivity contribution in [3.63, 3.8) is 0 Å². The minimum Gasteiger partial charge on any atom is -0.489 e. The summed E-state index contributed by atoms with van der Waals surface area (Å²) in [6.07, 6.45) is 4.39. The number of fused-ring (bicyclic) bond motifs is 4. The van der Waals surface area contributed by atoms with E-state index in [4.69, 9.17) is 10.5 Å². The maximum absolute atomic E-state index is 14.3. The Labute approximate surface area is 191 Å². The zero-order chi connectivity index (χ0) is 23.1. The number of carbonyl (C=O) groups is 1. The fourth-order valence-corrected chi connectivity index (χ4v) is 5.56. The van der Waals surface area contributed by atoms with Crippen molar-refractivity contribution in [1.29, 1.82) is 0 Å². The van der Waals surface area contributed by atoms with E-state index in [2.05, 4.69) is 16.8 Å². The molecule has 1 amide bonds. The molecule has 0 saturated carbocycles. The summed E-state index contributed by atoms with van der Waals surface area (Å²) >= 11 is 0. The summed E-state index contributed by atoms with van der Waals surface area (Å²) in [5.74, 6) is -0.654. The van der Waals surface area contributed by atoms with Gasteiger partial charge < -0.3 is 15.5 Å². The second-order valence-corrected chi connectivity index (χ2v) is 9.31. The highest BCUT2D eigenvalue weighted by Gasteiger charge is 2.32. The lowest BCUT2D eigenvalue weighted by atomic mass is 9.85. The number of nitrogens with two attached hydrogens (primary N) is 1. The molecule has 33 heavy (non-hydrogen) atoms. The summed E-state index contributed by atoms with van der Waals surface area (Å²) in [4.78, 5) is 17.8. The van der Waals surface area contributed by atoms with E-state index in [0.29, 0.717) is 30.1 Å². The predicted molar refractivity (Wildman–Crippen MR) is 124 cm³/mol. The van der Waals surface area contributed by atoms with E-state index >= 15 is 0 Å². The standard InChI is InChI=1S/C26H29F2N3O2/c1-2-9-31(17-12-21-18(26(29)32)5-6-22(28)25(21)33-14-17)13-15-3-7-23-19(10-15)20-11-16(27)4-8-24(20)30-23/h4-6,8,11,15,17,30H,2-3,7,9-10,12-14H2,1H3,(H2,29,32)/t15-,17+/m0/s1. The Kier molecular flexibility index (Phi) is 5.83. The number of ether oxygens (including phenoxy) is 1. The van der Waals surface area contributed by atoms with Gasteiger partial charge in [-0.05, 0) is 80.5 Å². The average molecular weight is 454 g/mol. The Bertz CT molecular complexity index is 1210. The Morgan fingerprint density at radius 3 is 2.85 bits per heavy atom. The van der Waals surface area contributed by atoms with Crippen LogP contribution in [-0.4, -0.2) is 41.5 Å². The number of aromatic amines is 1. The number of halogens is 2. The lowest BCUT2D eigenvalue weighted by Crippen LogP contribution is -2.46. The van der Waals surface area contributed by atoms with Crippen molar-refractivity contribution in [1.82, 2.24) is 9.88 Å². The van der Waals surface area contributed by atoms with Crippen molar-refractivity contribution in [2.75, 3.05) is 19.7 Å². The molecular weight excluding hydrogens is 424 g/mol. The third-order valence-corrected chi connectivity index (χ3v) is 7.11. The third-order valence-electron chi connectivity index (χ3n) is 7.11. The highest BCUT2D eigenvalue weighted by atomic mass is 19.1. The quantitative estimate of drug-likeness (QED) is 0.582. The molecule has 174 valence electrons. The molecule has 2 aliphatic rings. The smallest absolute Gasteiger partial charge is 0.249 e. The van der Waals surface area contributed by atoms with E-state index in [0.717, 1.165) is 49.7 Å². The Morgan fingerprint density at radius 2 is 2.06 bits per heavy atom. The summed E-state index contributed by atoms with van der Waals surface area (Å²) in [6, 6.07) is 7.67. The van der Waals surface area contributed by atoms with Crippen LogP contribution < -0.4 is 10.5 Å². The maximum Gasteiger partial charge on any atom is 0.249 e. The van der Waals surface area contributed by atoms with Crippen LogP contribution in [0, 0.1) is 17.6 Å². The first-order chi connectivity index (χ1) is 15.9. The summed E-state index contributed by atoms with van der Waals surface area (Å²) in [6.45, 7) is 4.28. The van der Waals surface area contributed by atoms with Crippen molar-refractivity contribution < 1.29 is 18.3 Å². The van der Waals surface area contributed by atoms with Gasteiger partial charge in [0.2, 0.25) is 5.91 Å². The highest BCUT2D eigenvalue weighted by Crippen LogP contribution is 2.35. The van der Waals surface area contributed by atoms with Gasteiger partial charge in [0, 0.05) is 40.3 Å². The van der Waals surface area contributed by atoms with Crippen LogP contribution in [0.4, 0.5) is 8.78 Å². The molecular formula is C26H29F2N3O2. The molecule has 1 aromatic heterocycles. The molecule has 0 spiro atoms. The van der Waals surface area contributed by atoms with Crippen LogP contribution in [-0.2, 0) is 19.3 Å². The van der Waals surface area contributed by atoms with E-state index < -0.39 is 11.7 Å². The van der Waals surface area contributed by atoms with Gasteiger partial charge in [-0.3, -0.25) is 9.69 Å². The van der Waals surface area contributed by atoms with Crippen LogP contribution >= 0.6 is 0 Å². The van der Waals surface area contributed by atoms with Crippen molar-refractivity contribution in [2.45, 2.75) is 45.1 Å². The van der Waals surface area contributed by atoms with Crippen LogP contribution in [0.5, 0.6) is 5.75 Å². The van der Waals surface area contributed by atoms with Crippen molar-refractivity contribution in [2.24, 2.45) is 11.7 Å². The summed E-state index contributed by atoms with van der Waals surface area (Å²) < 4.78 is 34.0. The second kappa shape index (κ2) is 8.78. The Balaban J connectivity index is 1.37. The van der Waals surface area contributed by atoms with Gasteiger partial charge in [-0.2, -0.15) is 0 Å².